The summed E-state index contributed by atoms with van der Waals surface area (Å²) in [5, 5.41) is 10.8. The Morgan fingerprint density at radius 3 is 2.20 bits per heavy atom. The van der Waals surface area contributed by atoms with Crippen molar-refractivity contribution in [2.45, 2.75) is 20.8 Å². The van der Waals surface area contributed by atoms with Gasteiger partial charge in [-0.3, -0.25) is 10.1 Å². The summed E-state index contributed by atoms with van der Waals surface area (Å²) < 4.78 is 5.00. The van der Waals surface area contributed by atoms with Crippen LogP contribution in [0.4, 0.5) is 5.69 Å². The van der Waals surface area contributed by atoms with Crippen LogP contribution in [-0.4, -0.2) is 12.0 Å². The second kappa shape index (κ2) is 5.56. The molecule has 1 aromatic carbocycles. The molecule has 5 heteroatoms. The third-order valence-corrected chi connectivity index (χ3v) is 2.24. The molecule has 0 aromatic heterocycles. The van der Waals surface area contributed by atoms with E-state index in [9.17, 15) is 10.1 Å². The molecule has 1 aromatic rings. The molecule has 0 aliphatic carbocycles. The molecule has 0 N–H and O–H groups in total. The molecule has 4 nitrogen and oxygen atoms in total. The first-order chi connectivity index (χ1) is 6.49. The fraction of sp³-hybridized carbons (Fsp3) is 0.400. The molecule has 0 fully saturated rings. The number of benzene rings is 1. The van der Waals surface area contributed by atoms with Crippen LogP contribution in [-0.2, 0) is 32.7 Å². The molecule has 0 heterocycles. The van der Waals surface area contributed by atoms with Gasteiger partial charge in [0.2, 0.25) is 5.69 Å². The smallest absolute Gasteiger partial charge is 0.547 e. The van der Waals surface area contributed by atoms with Crippen LogP contribution in [0.5, 0.6) is 5.75 Å². The molecule has 0 spiro atoms. The summed E-state index contributed by atoms with van der Waals surface area (Å²) in [6.07, 6.45) is 0. The Kier molecular flexibility index (Phi) is 5.39. The van der Waals surface area contributed by atoms with E-state index >= 15 is 0 Å². The molecule has 0 radical (unpaired) electrons. The van der Waals surface area contributed by atoms with Gasteiger partial charge in [-0.15, -0.1) is 5.56 Å². The molecule has 15 heavy (non-hydrogen) atoms. The average Bonchev–Trinajstić information content (AvgIpc) is 2.10. The maximum atomic E-state index is 10.8. The van der Waals surface area contributed by atoms with Crippen molar-refractivity contribution in [2.24, 2.45) is 0 Å². The summed E-state index contributed by atoms with van der Waals surface area (Å²) in [6.45, 7) is 5.25. The first kappa shape index (κ1) is 14.5. The van der Waals surface area contributed by atoms with Gasteiger partial charge in [0.1, 0.15) is 0 Å². The largest absolute Gasteiger partial charge is 3.00 e. The minimum atomic E-state index is -0.415. The monoisotopic (exact) mass is 283 g/mol. The number of ether oxygens (including phenoxy) is 1. The Hall–Kier alpha value is -0.476. The molecule has 0 amide bonds. The predicted molar refractivity (Wildman–Crippen MR) is 52.7 cm³/mol. The minimum Gasteiger partial charge on any atom is -0.547 e. The van der Waals surface area contributed by atoms with Gasteiger partial charge in [-0.05, 0) is 0 Å². The Morgan fingerprint density at radius 1 is 1.27 bits per heavy atom. The third-order valence-electron chi connectivity index (χ3n) is 2.24. The zero-order valence-corrected chi connectivity index (χ0v) is 12.1. The Bertz CT molecular complexity index is 391. The van der Waals surface area contributed by atoms with E-state index in [0.717, 1.165) is 5.56 Å². The standard InChI is InChI=1S/C10H12NO3.Y/c1-6-5-7(2)10(14-4)9(8(6)3)11(12)13;/h1-4H3;/q-1;+3. The van der Waals surface area contributed by atoms with E-state index in [1.165, 1.54) is 7.11 Å². The van der Waals surface area contributed by atoms with E-state index in [0.29, 0.717) is 16.9 Å². The van der Waals surface area contributed by atoms with Crippen LogP contribution in [0.1, 0.15) is 16.7 Å². The fourth-order valence-electron chi connectivity index (χ4n) is 1.43. The van der Waals surface area contributed by atoms with Gasteiger partial charge in [0.25, 0.3) is 0 Å². The van der Waals surface area contributed by atoms with Crippen LogP contribution < -0.4 is 4.74 Å². The van der Waals surface area contributed by atoms with Crippen LogP contribution in [0.15, 0.2) is 0 Å². The SMILES string of the molecule is COc1c(C)[c-]c(C)c(C)c1[N+](=O)[O-].[Y+3]. The van der Waals surface area contributed by atoms with E-state index in [1.807, 2.05) is 0 Å². The van der Waals surface area contributed by atoms with Crippen molar-refractivity contribution in [3.8, 4) is 5.75 Å². The summed E-state index contributed by atoms with van der Waals surface area (Å²) in [6, 6.07) is 3.02. The van der Waals surface area contributed by atoms with Crippen molar-refractivity contribution in [1.82, 2.24) is 0 Å². The molecule has 1 rings (SSSR count). The molecular formula is C10H12NO3Y+2. The number of nitro benzene ring substituents is 1. The molecule has 0 atom stereocenters. The van der Waals surface area contributed by atoms with E-state index in [1.54, 1.807) is 20.8 Å². The number of hydrogen-bond acceptors (Lipinski definition) is 3. The molecule has 0 saturated carbocycles. The predicted octanol–water partition coefficient (Wildman–Crippen LogP) is 2.33. The summed E-state index contributed by atoms with van der Waals surface area (Å²) >= 11 is 0. The van der Waals surface area contributed by atoms with Gasteiger partial charge in [0, 0.05) is 4.92 Å². The van der Waals surface area contributed by atoms with Gasteiger partial charge in [-0.1, -0.05) is 26.3 Å². The van der Waals surface area contributed by atoms with Crippen molar-refractivity contribution >= 4 is 5.69 Å². The second-order valence-electron chi connectivity index (χ2n) is 3.14. The van der Waals surface area contributed by atoms with Crippen molar-refractivity contribution < 1.29 is 42.4 Å². The van der Waals surface area contributed by atoms with Gasteiger partial charge in [0.15, 0.2) is 0 Å². The number of aryl methyl sites for hydroxylation is 2. The van der Waals surface area contributed by atoms with Gasteiger partial charge >= 0.3 is 32.7 Å². The number of nitrogens with zero attached hydrogens (tertiary/aromatic N) is 1. The van der Waals surface area contributed by atoms with Gasteiger partial charge in [0.05, 0.1) is 12.9 Å². The van der Waals surface area contributed by atoms with Crippen LogP contribution in [0.2, 0.25) is 0 Å². The number of hydrogen-bond donors (Lipinski definition) is 0. The average molecular weight is 283 g/mol. The summed E-state index contributed by atoms with van der Waals surface area (Å²) in [7, 11) is 1.43. The normalized spacial score (nSPS) is 9.33. The maximum absolute atomic E-state index is 10.8. The topological polar surface area (TPSA) is 52.4 Å². The quantitative estimate of drug-likeness (QED) is 0.475. The van der Waals surface area contributed by atoms with Gasteiger partial charge in [-0.25, -0.2) is 0 Å². The van der Waals surface area contributed by atoms with Crippen LogP contribution >= 0.6 is 0 Å². The Labute approximate surface area is 114 Å². The van der Waals surface area contributed by atoms with Crippen LogP contribution in [0.3, 0.4) is 0 Å². The van der Waals surface area contributed by atoms with Gasteiger partial charge in [-0.2, -0.15) is 11.6 Å². The van der Waals surface area contributed by atoms with Crippen LogP contribution in [0.25, 0.3) is 0 Å². The zero-order chi connectivity index (χ0) is 10.9. The van der Waals surface area contributed by atoms with E-state index in [2.05, 4.69) is 6.07 Å². The number of methoxy groups -OCH3 is 1. The molecule has 0 unspecified atom stereocenters. The van der Waals surface area contributed by atoms with E-state index < -0.39 is 4.92 Å². The van der Waals surface area contributed by atoms with Gasteiger partial charge < -0.3 is 4.74 Å². The van der Waals surface area contributed by atoms with E-state index in [4.69, 9.17) is 4.74 Å². The summed E-state index contributed by atoms with van der Waals surface area (Å²) in [5.41, 5.74) is 2.11. The molecule has 76 valence electrons. The third kappa shape index (κ3) is 2.76. The van der Waals surface area contributed by atoms with Crippen molar-refractivity contribution in [1.29, 1.82) is 0 Å². The first-order valence-corrected chi connectivity index (χ1v) is 4.20. The first-order valence-electron chi connectivity index (χ1n) is 4.20. The number of nitro groups is 1. The Morgan fingerprint density at radius 2 is 1.80 bits per heavy atom. The van der Waals surface area contributed by atoms with Crippen molar-refractivity contribution in [2.75, 3.05) is 7.11 Å². The number of rotatable bonds is 2. The zero-order valence-electron chi connectivity index (χ0n) is 9.25. The molecule has 0 aliphatic rings. The summed E-state index contributed by atoms with van der Waals surface area (Å²) in [4.78, 5) is 10.4. The Balaban J connectivity index is 0.00000196. The van der Waals surface area contributed by atoms with E-state index in [-0.39, 0.29) is 38.4 Å². The molecule has 0 bridgehead atoms. The maximum Gasteiger partial charge on any atom is 3.00 e. The fourth-order valence-corrected chi connectivity index (χ4v) is 1.43. The molecule has 0 saturated heterocycles. The second-order valence-corrected chi connectivity index (χ2v) is 3.14. The summed E-state index contributed by atoms with van der Waals surface area (Å²) in [5.74, 6) is 0.304. The molecule has 0 aliphatic heterocycles. The minimum absolute atomic E-state index is 0. The van der Waals surface area contributed by atoms with Crippen molar-refractivity contribution in [3.05, 3.63) is 32.9 Å². The van der Waals surface area contributed by atoms with Crippen LogP contribution in [0, 0.1) is 37.0 Å². The molecular weight excluding hydrogens is 271 g/mol. The van der Waals surface area contributed by atoms with Crippen molar-refractivity contribution in [3.63, 3.8) is 0 Å².